The van der Waals surface area contributed by atoms with E-state index >= 15 is 0 Å². The van der Waals surface area contributed by atoms with Crippen molar-refractivity contribution in [2.45, 2.75) is 27.2 Å². The number of nitrogens with zero attached hydrogens (tertiary/aromatic N) is 1. The maximum absolute atomic E-state index is 12.0. The van der Waals surface area contributed by atoms with E-state index in [-0.39, 0.29) is 5.78 Å². The monoisotopic (exact) mass is 252 g/mol. The van der Waals surface area contributed by atoms with Crippen molar-refractivity contribution < 1.29 is 4.79 Å². The van der Waals surface area contributed by atoms with Crippen LogP contribution < -0.4 is 0 Å². The minimum Gasteiger partial charge on any atom is -0.296 e. The van der Waals surface area contributed by atoms with Gasteiger partial charge in [-0.15, -0.1) is 0 Å². The molecule has 0 heterocycles. The number of carbonyl (C=O) groups excluding carboxylic acids is 1. The molecule has 2 nitrogen and oxygen atoms in total. The van der Waals surface area contributed by atoms with E-state index in [2.05, 4.69) is 18.7 Å². The van der Waals surface area contributed by atoms with Crippen LogP contribution >= 0.6 is 11.6 Å². The van der Waals surface area contributed by atoms with Crippen LogP contribution in [0.4, 0.5) is 0 Å². The summed E-state index contributed by atoms with van der Waals surface area (Å²) in [7, 11) is 0. The van der Waals surface area contributed by atoms with Gasteiger partial charge in [-0.3, -0.25) is 9.69 Å². The normalized spacial score (nSPS) is 11.2. The lowest BCUT2D eigenvalue weighted by molar-refractivity contribution is 0.0970. The molecular formula is C14H19ClNO. The van der Waals surface area contributed by atoms with Crippen LogP contribution in [0.25, 0.3) is 0 Å². The van der Waals surface area contributed by atoms with Gasteiger partial charge in [0.25, 0.3) is 0 Å². The smallest absolute Gasteiger partial charge is 0.164 e. The van der Waals surface area contributed by atoms with E-state index in [1.807, 2.05) is 6.92 Å². The highest BCUT2D eigenvalue weighted by Crippen LogP contribution is 2.17. The summed E-state index contributed by atoms with van der Waals surface area (Å²) in [6.45, 7) is 8.09. The summed E-state index contributed by atoms with van der Waals surface area (Å²) in [5, 5.41) is 0.658. The molecule has 0 amide bonds. The minimum absolute atomic E-state index is 0.145. The Hall–Kier alpha value is -0.860. The van der Waals surface area contributed by atoms with Crippen LogP contribution in [-0.2, 0) is 0 Å². The van der Waals surface area contributed by atoms with E-state index in [0.717, 1.165) is 24.7 Å². The Labute approximate surface area is 109 Å². The summed E-state index contributed by atoms with van der Waals surface area (Å²) >= 11 is 5.79. The first kappa shape index (κ1) is 14.2. The molecule has 1 aromatic rings. The van der Waals surface area contributed by atoms with Crippen LogP contribution in [0, 0.1) is 6.04 Å². The van der Waals surface area contributed by atoms with Gasteiger partial charge in [-0.25, -0.2) is 0 Å². The number of rotatable bonds is 6. The highest BCUT2D eigenvalue weighted by Gasteiger charge is 2.16. The quantitative estimate of drug-likeness (QED) is 0.718. The number of hydrogen-bond acceptors (Lipinski definition) is 2. The van der Waals surface area contributed by atoms with Crippen LogP contribution in [0.15, 0.2) is 24.3 Å². The fraction of sp³-hybridized carbons (Fsp3) is 0.429. The average molecular weight is 253 g/mol. The summed E-state index contributed by atoms with van der Waals surface area (Å²) in [5.41, 5.74) is 0.723. The highest BCUT2D eigenvalue weighted by molar-refractivity contribution is 6.30. The van der Waals surface area contributed by atoms with Gasteiger partial charge >= 0.3 is 0 Å². The topological polar surface area (TPSA) is 20.3 Å². The fourth-order valence-electron chi connectivity index (χ4n) is 1.85. The molecule has 17 heavy (non-hydrogen) atoms. The third-order valence-electron chi connectivity index (χ3n) is 2.89. The predicted molar refractivity (Wildman–Crippen MR) is 72.2 cm³/mol. The van der Waals surface area contributed by atoms with Crippen molar-refractivity contribution in [1.29, 1.82) is 0 Å². The molecule has 1 rings (SSSR count). The second kappa shape index (κ2) is 6.77. The molecule has 0 fully saturated rings. The van der Waals surface area contributed by atoms with Crippen molar-refractivity contribution in [2.24, 2.45) is 0 Å². The average Bonchev–Trinajstić information content (AvgIpc) is 2.31. The van der Waals surface area contributed by atoms with E-state index in [1.165, 1.54) is 0 Å². The van der Waals surface area contributed by atoms with E-state index in [1.54, 1.807) is 24.3 Å². The van der Waals surface area contributed by atoms with E-state index in [4.69, 9.17) is 11.6 Å². The van der Waals surface area contributed by atoms with E-state index < -0.39 is 0 Å². The van der Waals surface area contributed by atoms with Gasteiger partial charge < -0.3 is 0 Å². The van der Waals surface area contributed by atoms with Gasteiger partial charge in [0.2, 0.25) is 0 Å². The summed E-state index contributed by atoms with van der Waals surface area (Å²) < 4.78 is 0. The van der Waals surface area contributed by atoms with Crippen LogP contribution in [-0.4, -0.2) is 23.8 Å². The Bertz CT molecular complexity index is 357. The molecule has 1 radical (unpaired) electrons. The maximum Gasteiger partial charge on any atom is 0.164 e. The molecule has 0 unspecified atom stereocenters. The molecule has 93 valence electrons. The van der Waals surface area contributed by atoms with E-state index in [9.17, 15) is 4.79 Å². The zero-order chi connectivity index (χ0) is 12.8. The highest BCUT2D eigenvalue weighted by atomic mass is 35.5. The lowest BCUT2D eigenvalue weighted by Gasteiger charge is -2.24. The third-order valence-corrected chi connectivity index (χ3v) is 3.14. The number of benzene rings is 1. The summed E-state index contributed by atoms with van der Waals surface area (Å²) in [5.74, 6) is 0.145. The Morgan fingerprint density at radius 3 is 2.18 bits per heavy atom. The van der Waals surface area contributed by atoms with Gasteiger partial charge in [0, 0.05) is 23.0 Å². The second-order valence-corrected chi connectivity index (χ2v) is 4.45. The Kier molecular flexibility index (Phi) is 5.66. The number of ketones is 1. The van der Waals surface area contributed by atoms with Crippen molar-refractivity contribution in [3.05, 3.63) is 40.9 Å². The number of Topliss-reactive ketones (excluding diaryl/α,β-unsaturated/α-hetero) is 1. The maximum atomic E-state index is 12.0. The molecule has 0 saturated carbocycles. The van der Waals surface area contributed by atoms with Crippen molar-refractivity contribution in [1.82, 2.24) is 4.90 Å². The molecule has 0 saturated heterocycles. The summed E-state index contributed by atoms with van der Waals surface area (Å²) in [4.78, 5) is 14.2. The van der Waals surface area contributed by atoms with Crippen molar-refractivity contribution in [2.75, 3.05) is 13.1 Å². The summed E-state index contributed by atoms with van der Waals surface area (Å²) in [6, 6.07) is 8.18. The molecule has 0 atom stereocenters. The summed E-state index contributed by atoms with van der Waals surface area (Å²) in [6.07, 6.45) is 0.476. The van der Waals surface area contributed by atoms with Crippen LogP contribution in [0.5, 0.6) is 0 Å². The van der Waals surface area contributed by atoms with Crippen LogP contribution in [0.3, 0.4) is 0 Å². The SMILES string of the molecule is CCN(CC)[C](C)CC(=O)c1ccc(Cl)cc1. The van der Waals surface area contributed by atoms with Gasteiger partial charge in [-0.1, -0.05) is 25.4 Å². The van der Waals surface area contributed by atoms with E-state index in [0.29, 0.717) is 11.4 Å². The van der Waals surface area contributed by atoms with Crippen LogP contribution in [0.1, 0.15) is 37.6 Å². The third kappa shape index (κ3) is 4.14. The first-order chi connectivity index (χ1) is 8.08. The van der Waals surface area contributed by atoms with Crippen molar-refractivity contribution in [3.63, 3.8) is 0 Å². The predicted octanol–water partition coefficient (Wildman–Crippen LogP) is 3.81. The number of carbonyl (C=O) groups is 1. The molecule has 0 aliphatic rings. The molecule has 0 bridgehead atoms. The minimum atomic E-state index is 0.145. The van der Waals surface area contributed by atoms with Crippen molar-refractivity contribution in [3.8, 4) is 0 Å². The van der Waals surface area contributed by atoms with Crippen LogP contribution in [0.2, 0.25) is 5.02 Å². The molecule has 0 aromatic heterocycles. The fourth-order valence-corrected chi connectivity index (χ4v) is 1.97. The van der Waals surface area contributed by atoms with Gasteiger partial charge in [0.05, 0.1) is 0 Å². The number of halogens is 1. The van der Waals surface area contributed by atoms with Crippen molar-refractivity contribution >= 4 is 17.4 Å². The Balaban J connectivity index is 2.62. The molecule has 0 aliphatic heterocycles. The lowest BCUT2D eigenvalue weighted by Crippen LogP contribution is -2.28. The first-order valence-electron chi connectivity index (χ1n) is 5.94. The van der Waals surface area contributed by atoms with Gasteiger partial charge in [0.15, 0.2) is 5.78 Å². The zero-order valence-electron chi connectivity index (χ0n) is 10.7. The zero-order valence-corrected chi connectivity index (χ0v) is 11.4. The molecule has 0 aliphatic carbocycles. The Morgan fingerprint density at radius 1 is 1.18 bits per heavy atom. The largest absolute Gasteiger partial charge is 0.296 e. The first-order valence-corrected chi connectivity index (χ1v) is 6.32. The molecular weight excluding hydrogens is 234 g/mol. The number of hydrogen-bond donors (Lipinski definition) is 0. The second-order valence-electron chi connectivity index (χ2n) is 4.01. The molecule has 0 N–H and O–H groups in total. The van der Waals surface area contributed by atoms with Gasteiger partial charge in [0.1, 0.15) is 0 Å². The Morgan fingerprint density at radius 2 is 1.71 bits per heavy atom. The van der Waals surface area contributed by atoms with Gasteiger partial charge in [-0.05, 0) is 44.3 Å². The molecule has 0 spiro atoms. The van der Waals surface area contributed by atoms with Gasteiger partial charge in [-0.2, -0.15) is 0 Å². The molecule has 3 heteroatoms. The lowest BCUT2D eigenvalue weighted by atomic mass is 10.0. The standard InChI is InChI=1S/C14H19ClNO/c1-4-16(5-2)11(3)10-14(17)12-6-8-13(15)9-7-12/h6-9H,4-5,10H2,1-3H3. The molecule has 1 aromatic carbocycles.